The highest BCUT2D eigenvalue weighted by molar-refractivity contribution is 8.00. The molecule has 0 aliphatic rings. The molecule has 0 fully saturated rings. The van der Waals surface area contributed by atoms with E-state index >= 15 is 0 Å². The minimum Gasteiger partial charge on any atom is -0.481 e. The van der Waals surface area contributed by atoms with Gasteiger partial charge in [0.2, 0.25) is 5.91 Å². The van der Waals surface area contributed by atoms with Gasteiger partial charge in [0.05, 0.1) is 11.5 Å². The average Bonchev–Trinajstić information content (AvgIpc) is 2.14. The second-order valence-electron chi connectivity index (χ2n) is 3.81. The first-order valence-electron chi connectivity index (χ1n) is 5.15. The summed E-state index contributed by atoms with van der Waals surface area (Å²) in [6, 6.07) is 5.79. The highest BCUT2D eigenvalue weighted by Crippen LogP contribution is 2.14. The second-order valence-corrected chi connectivity index (χ2v) is 4.80. The average molecular weight is 253 g/mol. The maximum Gasteiger partial charge on any atom is 0.313 e. The molecule has 0 aromatic heterocycles. The topological polar surface area (TPSA) is 66.4 Å². The fourth-order valence-corrected chi connectivity index (χ4v) is 2.01. The van der Waals surface area contributed by atoms with Crippen molar-refractivity contribution in [2.24, 2.45) is 0 Å². The summed E-state index contributed by atoms with van der Waals surface area (Å²) in [5.41, 5.74) is 2.92. The minimum absolute atomic E-state index is 0.0553. The minimum atomic E-state index is -0.908. The van der Waals surface area contributed by atoms with Crippen LogP contribution in [0.15, 0.2) is 18.2 Å². The van der Waals surface area contributed by atoms with Gasteiger partial charge >= 0.3 is 5.97 Å². The number of aryl methyl sites for hydroxylation is 2. The molecule has 0 radical (unpaired) electrons. The molecular formula is C12H15NO3S. The molecule has 1 aromatic rings. The Bertz CT molecular complexity index is 412. The van der Waals surface area contributed by atoms with E-state index in [0.717, 1.165) is 28.6 Å². The number of nitrogens with one attached hydrogen (secondary N) is 1. The van der Waals surface area contributed by atoms with Crippen LogP contribution in [0.1, 0.15) is 11.1 Å². The van der Waals surface area contributed by atoms with E-state index in [-0.39, 0.29) is 17.4 Å². The second kappa shape index (κ2) is 6.30. The smallest absolute Gasteiger partial charge is 0.313 e. The fourth-order valence-electron chi connectivity index (χ4n) is 1.47. The number of carboxylic acids is 1. The summed E-state index contributed by atoms with van der Waals surface area (Å²) in [5, 5.41) is 11.2. The number of carboxylic acid groups (broad SMARTS) is 1. The van der Waals surface area contributed by atoms with Crippen molar-refractivity contribution in [3.05, 3.63) is 29.3 Å². The Morgan fingerprint density at radius 2 is 1.76 bits per heavy atom. The van der Waals surface area contributed by atoms with E-state index in [1.165, 1.54) is 0 Å². The van der Waals surface area contributed by atoms with Gasteiger partial charge in [-0.1, -0.05) is 6.07 Å². The van der Waals surface area contributed by atoms with Crippen LogP contribution in [0.4, 0.5) is 5.69 Å². The normalized spacial score (nSPS) is 10.0. The van der Waals surface area contributed by atoms with Gasteiger partial charge in [-0.05, 0) is 37.1 Å². The van der Waals surface area contributed by atoms with Gasteiger partial charge in [0.25, 0.3) is 0 Å². The lowest BCUT2D eigenvalue weighted by Gasteiger charge is -2.06. The van der Waals surface area contributed by atoms with Crippen molar-refractivity contribution in [3.63, 3.8) is 0 Å². The largest absolute Gasteiger partial charge is 0.481 e. The van der Waals surface area contributed by atoms with Gasteiger partial charge in [0.1, 0.15) is 0 Å². The quantitative estimate of drug-likeness (QED) is 0.843. The van der Waals surface area contributed by atoms with Gasteiger partial charge in [-0.3, -0.25) is 9.59 Å². The standard InChI is InChI=1S/C12H15NO3S/c1-8-3-9(2)5-10(4-8)13-11(14)6-17-7-12(15)16/h3-5H,6-7H2,1-2H3,(H,13,14)(H,15,16). The number of carbonyl (C=O) groups is 2. The number of hydrogen-bond acceptors (Lipinski definition) is 3. The molecule has 1 rings (SSSR count). The van der Waals surface area contributed by atoms with Gasteiger partial charge in [-0.15, -0.1) is 11.8 Å². The molecule has 4 nitrogen and oxygen atoms in total. The van der Waals surface area contributed by atoms with Crippen molar-refractivity contribution in [2.45, 2.75) is 13.8 Å². The van der Waals surface area contributed by atoms with Crippen LogP contribution in [0.5, 0.6) is 0 Å². The zero-order valence-electron chi connectivity index (χ0n) is 9.82. The third-order valence-electron chi connectivity index (χ3n) is 1.96. The first-order chi connectivity index (χ1) is 7.97. The zero-order chi connectivity index (χ0) is 12.8. The number of hydrogen-bond donors (Lipinski definition) is 2. The van der Waals surface area contributed by atoms with Crippen molar-refractivity contribution in [1.29, 1.82) is 0 Å². The van der Waals surface area contributed by atoms with Gasteiger partial charge in [-0.2, -0.15) is 0 Å². The Morgan fingerprint density at radius 1 is 1.18 bits per heavy atom. The molecule has 0 unspecified atom stereocenters. The van der Waals surface area contributed by atoms with Crippen LogP contribution < -0.4 is 5.32 Å². The van der Waals surface area contributed by atoms with Crippen LogP contribution in [0, 0.1) is 13.8 Å². The summed E-state index contributed by atoms with van der Waals surface area (Å²) in [5.74, 6) is -0.991. The molecule has 0 heterocycles. The van der Waals surface area contributed by atoms with Crippen molar-refractivity contribution in [3.8, 4) is 0 Å². The van der Waals surface area contributed by atoms with Crippen molar-refractivity contribution < 1.29 is 14.7 Å². The number of rotatable bonds is 5. The highest BCUT2D eigenvalue weighted by Gasteiger charge is 2.05. The van der Waals surface area contributed by atoms with E-state index in [1.54, 1.807) is 0 Å². The maximum absolute atomic E-state index is 11.5. The summed E-state index contributed by atoms with van der Waals surface area (Å²) < 4.78 is 0. The summed E-state index contributed by atoms with van der Waals surface area (Å²) in [6.07, 6.45) is 0. The van der Waals surface area contributed by atoms with Gasteiger partial charge < -0.3 is 10.4 Å². The molecule has 1 amide bonds. The molecule has 92 valence electrons. The van der Waals surface area contributed by atoms with Gasteiger partial charge in [0, 0.05) is 5.69 Å². The molecule has 0 aliphatic heterocycles. The van der Waals surface area contributed by atoms with Crippen molar-refractivity contribution in [2.75, 3.05) is 16.8 Å². The summed E-state index contributed by atoms with van der Waals surface area (Å²) in [4.78, 5) is 21.8. The Morgan fingerprint density at radius 3 is 2.29 bits per heavy atom. The number of carbonyl (C=O) groups excluding carboxylic acids is 1. The molecular weight excluding hydrogens is 238 g/mol. The van der Waals surface area contributed by atoms with Crippen molar-refractivity contribution in [1.82, 2.24) is 0 Å². The van der Waals surface area contributed by atoms with Crippen LogP contribution in [0.3, 0.4) is 0 Å². The number of anilines is 1. The summed E-state index contributed by atoms with van der Waals surface area (Å²) in [7, 11) is 0. The molecule has 1 aromatic carbocycles. The fraction of sp³-hybridized carbons (Fsp3) is 0.333. The van der Waals surface area contributed by atoms with Crippen LogP contribution in [0.2, 0.25) is 0 Å². The lowest BCUT2D eigenvalue weighted by atomic mass is 10.1. The predicted molar refractivity (Wildman–Crippen MR) is 69.5 cm³/mol. The third kappa shape index (κ3) is 5.40. The van der Waals surface area contributed by atoms with E-state index in [0.29, 0.717) is 0 Å². The molecule has 0 bridgehead atoms. The lowest BCUT2D eigenvalue weighted by molar-refractivity contribution is -0.133. The van der Waals surface area contributed by atoms with E-state index in [9.17, 15) is 9.59 Å². The molecule has 0 saturated carbocycles. The zero-order valence-corrected chi connectivity index (χ0v) is 10.6. The highest BCUT2D eigenvalue weighted by atomic mass is 32.2. The van der Waals surface area contributed by atoms with Crippen LogP contribution in [0.25, 0.3) is 0 Å². The first-order valence-corrected chi connectivity index (χ1v) is 6.30. The molecule has 5 heteroatoms. The van der Waals surface area contributed by atoms with Crippen LogP contribution in [-0.2, 0) is 9.59 Å². The number of aliphatic carboxylic acids is 1. The van der Waals surface area contributed by atoms with Gasteiger partial charge in [0.15, 0.2) is 0 Å². The molecule has 0 spiro atoms. The SMILES string of the molecule is Cc1cc(C)cc(NC(=O)CSCC(=O)O)c1. The monoisotopic (exact) mass is 253 g/mol. The maximum atomic E-state index is 11.5. The van der Waals surface area contributed by atoms with E-state index in [4.69, 9.17) is 5.11 Å². The van der Waals surface area contributed by atoms with E-state index in [2.05, 4.69) is 5.32 Å². The number of thioether (sulfide) groups is 1. The van der Waals surface area contributed by atoms with E-state index in [1.807, 2.05) is 32.0 Å². The Labute approximate surface area is 104 Å². The van der Waals surface area contributed by atoms with Gasteiger partial charge in [-0.25, -0.2) is 0 Å². The molecule has 0 aliphatic carbocycles. The Kier molecular flexibility index (Phi) is 5.03. The summed E-state index contributed by atoms with van der Waals surface area (Å²) in [6.45, 7) is 3.92. The molecule has 0 atom stereocenters. The molecule has 0 saturated heterocycles. The lowest BCUT2D eigenvalue weighted by Crippen LogP contribution is -2.15. The molecule has 17 heavy (non-hydrogen) atoms. The third-order valence-corrected chi connectivity index (χ3v) is 2.88. The predicted octanol–water partition coefficient (Wildman–Crippen LogP) is 2.06. The summed E-state index contributed by atoms with van der Waals surface area (Å²) >= 11 is 1.09. The number of benzene rings is 1. The molecule has 2 N–H and O–H groups in total. The van der Waals surface area contributed by atoms with Crippen molar-refractivity contribution >= 4 is 29.3 Å². The van der Waals surface area contributed by atoms with Crippen LogP contribution >= 0.6 is 11.8 Å². The van der Waals surface area contributed by atoms with E-state index < -0.39 is 5.97 Å². The Balaban J connectivity index is 2.47. The van der Waals surface area contributed by atoms with Crippen LogP contribution in [-0.4, -0.2) is 28.5 Å². The first kappa shape index (κ1) is 13.6. The number of amides is 1. The Hall–Kier alpha value is -1.49.